The van der Waals surface area contributed by atoms with E-state index in [1.807, 2.05) is 0 Å². The molecule has 0 aromatic rings. The number of Topliss-reactive ketones (excluding diaryl/α,β-unsaturated/α-hetero) is 1. The zero-order valence-electron chi connectivity index (χ0n) is 13.7. The minimum atomic E-state index is -1.25. The number of amides is 1. The van der Waals surface area contributed by atoms with Crippen LogP contribution in [-0.4, -0.2) is 63.5 Å². The predicted molar refractivity (Wildman–Crippen MR) is 80.5 cm³/mol. The van der Waals surface area contributed by atoms with Crippen LogP contribution in [0.15, 0.2) is 0 Å². The second-order valence-corrected chi connectivity index (χ2v) is 4.81. The highest BCUT2D eigenvalue weighted by molar-refractivity contribution is 5.79. The third kappa shape index (κ3) is 11.6. The molecule has 7 heteroatoms. The first-order valence-corrected chi connectivity index (χ1v) is 7.70. The molecule has 0 spiro atoms. The van der Waals surface area contributed by atoms with Gasteiger partial charge in [-0.3, -0.25) is 9.59 Å². The van der Waals surface area contributed by atoms with Crippen LogP contribution in [0.2, 0.25) is 0 Å². The lowest BCUT2D eigenvalue weighted by Crippen LogP contribution is -2.36. The van der Waals surface area contributed by atoms with Gasteiger partial charge in [-0.05, 0) is 6.92 Å². The normalized spacial score (nSPS) is 13.6. The zero-order chi connectivity index (χ0) is 16.8. The number of halogens is 1. The maximum absolute atomic E-state index is 13.6. The number of hydrogen-bond donors (Lipinski definition) is 1. The summed E-state index contributed by atoms with van der Waals surface area (Å²) in [5, 5.41) is 2.48. The van der Waals surface area contributed by atoms with Gasteiger partial charge in [0.15, 0.2) is 5.78 Å². The summed E-state index contributed by atoms with van der Waals surface area (Å²) in [7, 11) is 0. The molecule has 22 heavy (non-hydrogen) atoms. The van der Waals surface area contributed by atoms with Crippen molar-refractivity contribution in [1.82, 2.24) is 5.32 Å². The second-order valence-electron chi connectivity index (χ2n) is 4.81. The number of ketones is 1. The van der Waals surface area contributed by atoms with Crippen molar-refractivity contribution < 1.29 is 28.2 Å². The standard InChI is InChI=1S/C15H28FNO5/c1-4-13(18)11-21-7-6-20-8-9-22-12(3)14(16)10-17-15(19)5-2/h12,14H,4-11H2,1-3H3,(H,17,19). The Labute approximate surface area is 131 Å². The van der Waals surface area contributed by atoms with E-state index in [1.165, 1.54) is 0 Å². The Morgan fingerprint density at radius 3 is 2.32 bits per heavy atom. The Balaban J connectivity index is 3.46. The van der Waals surface area contributed by atoms with Crippen LogP contribution < -0.4 is 5.32 Å². The molecule has 0 heterocycles. The molecule has 0 saturated carbocycles. The molecule has 0 rings (SSSR count). The van der Waals surface area contributed by atoms with Gasteiger partial charge < -0.3 is 19.5 Å². The van der Waals surface area contributed by atoms with Gasteiger partial charge in [0, 0.05) is 12.8 Å². The number of hydrogen-bond acceptors (Lipinski definition) is 5. The summed E-state index contributed by atoms with van der Waals surface area (Å²) in [5.74, 6) is -0.124. The molecular formula is C15H28FNO5. The minimum absolute atomic E-state index is 0.0476. The molecule has 0 aromatic heterocycles. The second kappa shape index (κ2) is 13.6. The molecule has 2 atom stereocenters. The van der Waals surface area contributed by atoms with Crippen LogP contribution in [-0.2, 0) is 23.8 Å². The predicted octanol–water partition coefficient (Wildman–Crippen LogP) is 1.27. The SMILES string of the molecule is CCC(=O)COCCOCCOC(C)C(F)CNC(=O)CC. The van der Waals surface area contributed by atoms with E-state index in [2.05, 4.69) is 5.32 Å². The maximum atomic E-state index is 13.6. The Hall–Kier alpha value is -1.05. The van der Waals surface area contributed by atoms with Crippen molar-refractivity contribution >= 4 is 11.7 Å². The van der Waals surface area contributed by atoms with Gasteiger partial charge in [0.1, 0.15) is 12.8 Å². The van der Waals surface area contributed by atoms with Gasteiger partial charge in [-0.1, -0.05) is 13.8 Å². The summed E-state index contributed by atoms with van der Waals surface area (Å²) in [5.41, 5.74) is 0. The van der Waals surface area contributed by atoms with E-state index in [0.29, 0.717) is 32.7 Å². The van der Waals surface area contributed by atoms with Gasteiger partial charge in [-0.15, -0.1) is 0 Å². The summed E-state index contributed by atoms with van der Waals surface area (Å²) in [6, 6.07) is 0. The Morgan fingerprint density at radius 1 is 1.05 bits per heavy atom. The first-order chi connectivity index (χ1) is 10.5. The fraction of sp³-hybridized carbons (Fsp3) is 0.867. The number of carbonyl (C=O) groups excluding carboxylic acids is 2. The van der Waals surface area contributed by atoms with Crippen molar-refractivity contribution in [3.05, 3.63) is 0 Å². The van der Waals surface area contributed by atoms with Crippen LogP contribution in [0.4, 0.5) is 4.39 Å². The summed E-state index contributed by atoms with van der Waals surface area (Å²) < 4.78 is 29.3. The topological polar surface area (TPSA) is 73.9 Å². The van der Waals surface area contributed by atoms with E-state index in [-0.39, 0.29) is 31.4 Å². The molecule has 2 unspecified atom stereocenters. The third-order valence-electron chi connectivity index (χ3n) is 2.96. The zero-order valence-corrected chi connectivity index (χ0v) is 13.7. The third-order valence-corrected chi connectivity index (χ3v) is 2.96. The molecule has 0 aromatic carbocycles. The summed E-state index contributed by atoms with van der Waals surface area (Å²) in [4.78, 5) is 22.0. The van der Waals surface area contributed by atoms with Gasteiger partial charge in [0.2, 0.25) is 5.91 Å². The molecule has 0 aliphatic carbocycles. The van der Waals surface area contributed by atoms with Crippen LogP contribution in [0.1, 0.15) is 33.6 Å². The lowest BCUT2D eigenvalue weighted by Gasteiger charge is -2.18. The van der Waals surface area contributed by atoms with Crippen LogP contribution in [0, 0.1) is 0 Å². The number of alkyl halides is 1. The van der Waals surface area contributed by atoms with E-state index in [0.717, 1.165) is 0 Å². The lowest BCUT2D eigenvalue weighted by molar-refractivity contribution is -0.124. The lowest BCUT2D eigenvalue weighted by atomic mass is 10.2. The fourth-order valence-corrected chi connectivity index (χ4v) is 1.41. The van der Waals surface area contributed by atoms with E-state index in [1.54, 1.807) is 20.8 Å². The van der Waals surface area contributed by atoms with Crippen LogP contribution in [0.5, 0.6) is 0 Å². The van der Waals surface area contributed by atoms with Crippen molar-refractivity contribution in [2.75, 3.05) is 39.6 Å². The highest BCUT2D eigenvalue weighted by Crippen LogP contribution is 2.02. The molecule has 0 bridgehead atoms. The van der Waals surface area contributed by atoms with Crippen molar-refractivity contribution in [2.24, 2.45) is 0 Å². The molecule has 0 aliphatic heterocycles. The van der Waals surface area contributed by atoms with E-state index in [4.69, 9.17) is 14.2 Å². The Bertz CT molecular complexity index is 314. The highest BCUT2D eigenvalue weighted by Gasteiger charge is 2.17. The summed E-state index contributed by atoms with van der Waals surface area (Å²) in [6.45, 7) is 6.46. The van der Waals surface area contributed by atoms with E-state index >= 15 is 0 Å². The average molecular weight is 321 g/mol. The molecule has 130 valence electrons. The Morgan fingerprint density at radius 2 is 1.68 bits per heavy atom. The Kier molecular flexibility index (Phi) is 13.0. The van der Waals surface area contributed by atoms with Crippen LogP contribution >= 0.6 is 0 Å². The molecule has 0 fully saturated rings. The first-order valence-electron chi connectivity index (χ1n) is 7.70. The molecule has 1 N–H and O–H groups in total. The van der Waals surface area contributed by atoms with Crippen LogP contribution in [0.25, 0.3) is 0 Å². The van der Waals surface area contributed by atoms with Crippen molar-refractivity contribution in [3.63, 3.8) is 0 Å². The first kappa shape index (κ1) is 20.9. The summed E-state index contributed by atoms with van der Waals surface area (Å²) in [6.07, 6.45) is -1.06. The monoisotopic (exact) mass is 321 g/mol. The molecule has 0 aliphatic rings. The van der Waals surface area contributed by atoms with Gasteiger partial charge in [-0.25, -0.2) is 4.39 Å². The highest BCUT2D eigenvalue weighted by atomic mass is 19.1. The van der Waals surface area contributed by atoms with Crippen molar-refractivity contribution in [3.8, 4) is 0 Å². The largest absolute Gasteiger partial charge is 0.377 e. The number of rotatable bonds is 14. The smallest absolute Gasteiger partial charge is 0.219 e. The molecular weight excluding hydrogens is 293 g/mol. The molecule has 0 saturated heterocycles. The van der Waals surface area contributed by atoms with Gasteiger partial charge in [0.05, 0.1) is 39.1 Å². The van der Waals surface area contributed by atoms with Crippen molar-refractivity contribution in [1.29, 1.82) is 0 Å². The molecule has 0 radical (unpaired) electrons. The van der Waals surface area contributed by atoms with Gasteiger partial charge >= 0.3 is 0 Å². The van der Waals surface area contributed by atoms with Gasteiger partial charge in [0.25, 0.3) is 0 Å². The number of carbonyl (C=O) groups is 2. The quantitative estimate of drug-likeness (QED) is 0.488. The fourth-order valence-electron chi connectivity index (χ4n) is 1.41. The molecule has 1 amide bonds. The van der Waals surface area contributed by atoms with E-state index in [9.17, 15) is 14.0 Å². The van der Waals surface area contributed by atoms with Crippen LogP contribution in [0.3, 0.4) is 0 Å². The minimum Gasteiger partial charge on any atom is -0.377 e. The number of ether oxygens (including phenoxy) is 3. The van der Waals surface area contributed by atoms with E-state index < -0.39 is 12.3 Å². The molecule has 6 nitrogen and oxygen atoms in total. The average Bonchev–Trinajstić information content (AvgIpc) is 2.53. The number of nitrogens with one attached hydrogen (secondary N) is 1. The maximum Gasteiger partial charge on any atom is 0.219 e. The summed E-state index contributed by atoms with van der Waals surface area (Å²) >= 11 is 0. The van der Waals surface area contributed by atoms with Gasteiger partial charge in [-0.2, -0.15) is 0 Å². The van der Waals surface area contributed by atoms with Crippen molar-refractivity contribution in [2.45, 2.75) is 45.9 Å².